The Morgan fingerprint density at radius 2 is 1.77 bits per heavy atom. The molecular weight excluding hydrogens is 437 g/mol. The number of rotatable bonds is 8. The van der Waals surface area contributed by atoms with Crippen molar-refractivity contribution in [2.45, 2.75) is 45.1 Å². The number of nitrogens with one attached hydrogen (secondary N) is 1. The molecule has 168 valence electrons. The van der Waals surface area contributed by atoms with Gasteiger partial charge in [-0.1, -0.05) is 18.2 Å². The van der Waals surface area contributed by atoms with E-state index in [-0.39, 0.29) is 24.5 Å². The van der Waals surface area contributed by atoms with Crippen LogP contribution in [0.2, 0.25) is 0 Å². The molecule has 10 heteroatoms. The molecule has 1 amide bonds. The maximum absolute atomic E-state index is 13.7. The fourth-order valence-electron chi connectivity index (χ4n) is 2.85. The van der Waals surface area contributed by atoms with E-state index in [9.17, 15) is 32.3 Å². The van der Waals surface area contributed by atoms with Crippen LogP contribution in [0.4, 0.5) is 23.2 Å². The average molecular weight is 459 g/mol. The van der Waals surface area contributed by atoms with E-state index in [0.717, 1.165) is 6.07 Å². The zero-order chi connectivity index (χ0) is 23.3. The second kappa shape index (κ2) is 10.2. The maximum Gasteiger partial charge on any atom is 0.419 e. The lowest BCUT2D eigenvalue weighted by Gasteiger charge is -2.17. The maximum atomic E-state index is 13.7. The minimum Gasteiger partial charge on any atom is -0.479 e. The molecule has 0 aromatic heterocycles. The summed E-state index contributed by atoms with van der Waals surface area (Å²) in [6, 6.07) is 7.28. The summed E-state index contributed by atoms with van der Waals surface area (Å²) >= 11 is 0. The van der Waals surface area contributed by atoms with Crippen molar-refractivity contribution in [1.29, 1.82) is 0 Å². The Morgan fingerprint density at radius 3 is 2.32 bits per heavy atom. The van der Waals surface area contributed by atoms with Gasteiger partial charge < -0.3 is 15.2 Å². The van der Waals surface area contributed by atoms with E-state index in [1.54, 1.807) is 32.0 Å². The van der Waals surface area contributed by atoms with Crippen molar-refractivity contribution in [3.63, 3.8) is 0 Å². The van der Waals surface area contributed by atoms with Gasteiger partial charge in [0.15, 0.2) is 6.10 Å². The quantitative estimate of drug-likeness (QED) is 0.463. The molecule has 0 fully saturated rings. The van der Waals surface area contributed by atoms with Crippen LogP contribution in [0.3, 0.4) is 0 Å². The molecule has 2 unspecified atom stereocenters. The van der Waals surface area contributed by atoms with Gasteiger partial charge in [-0.2, -0.15) is 13.2 Å². The minimum absolute atomic E-state index is 0.0748. The summed E-state index contributed by atoms with van der Waals surface area (Å²) in [7, 11) is 2.42. The molecule has 2 atom stereocenters. The van der Waals surface area contributed by atoms with Gasteiger partial charge in [0.2, 0.25) is 5.91 Å². The lowest BCUT2D eigenvalue weighted by Crippen LogP contribution is -2.29. The first-order valence-corrected chi connectivity index (χ1v) is 9.86. The summed E-state index contributed by atoms with van der Waals surface area (Å²) in [5.41, 5.74) is -0.322. The first kappa shape index (κ1) is 24.8. The summed E-state index contributed by atoms with van der Waals surface area (Å²) in [6.07, 6.45) is -6.42. The number of aliphatic carboxylic acids is 1. The normalized spacial score (nSPS) is 12.6. The molecule has 0 aliphatic rings. The number of halogens is 4. The summed E-state index contributed by atoms with van der Waals surface area (Å²) < 4.78 is 57.1. The fourth-order valence-corrected chi connectivity index (χ4v) is 3.10. The van der Waals surface area contributed by atoms with Crippen LogP contribution in [-0.2, 0) is 33.3 Å². The molecular formula is C21H22F4NO4P. The van der Waals surface area contributed by atoms with Crippen LogP contribution in [0, 0.1) is 5.82 Å². The van der Waals surface area contributed by atoms with E-state index >= 15 is 0 Å². The number of carbonyl (C=O) groups excluding carboxylic acids is 1. The monoisotopic (exact) mass is 459 g/mol. The van der Waals surface area contributed by atoms with Crippen molar-refractivity contribution in [2.75, 3.05) is 5.32 Å². The van der Waals surface area contributed by atoms with E-state index in [1.165, 1.54) is 0 Å². The number of carboxylic acid groups (broad SMARTS) is 1. The average Bonchev–Trinajstić information content (AvgIpc) is 2.62. The summed E-state index contributed by atoms with van der Waals surface area (Å²) in [4.78, 5) is 23.7. The Hall–Kier alpha value is -2.51. The van der Waals surface area contributed by atoms with Gasteiger partial charge in [-0.15, -0.1) is 9.24 Å². The Bertz CT molecular complexity index is 963. The van der Waals surface area contributed by atoms with Crippen LogP contribution < -0.4 is 10.6 Å². The molecule has 2 aromatic carbocycles. The molecule has 5 nitrogen and oxygen atoms in total. The summed E-state index contributed by atoms with van der Waals surface area (Å²) in [6.45, 7) is 3.44. The van der Waals surface area contributed by atoms with Gasteiger partial charge in [0.25, 0.3) is 0 Å². The molecule has 2 N–H and O–H groups in total. The number of hydrogen-bond donors (Lipinski definition) is 2. The highest BCUT2D eigenvalue weighted by Crippen LogP contribution is 2.31. The third-order valence-corrected chi connectivity index (χ3v) is 4.73. The Balaban J connectivity index is 2.12. The molecule has 31 heavy (non-hydrogen) atoms. The number of carbonyl (C=O) groups is 2. The first-order valence-electron chi connectivity index (χ1n) is 9.29. The third kappa shape index (κ3) is 7.29. The second-order valence-electron chi connectivity index (χ2n) is 7.17. The second-order valence-corrected chi connectivity index (χ2v) is 7.80. The molecule has 0 saturated heterocycles. The summed E-state index contributed by atoms with van der Waals surface area (Å²) in [5, 5.41) is 12.5. The predicted octanol–water partition coefficient (Wildman–Crippen LogP) is 3.95. The standard InChI is InChI=1S/C21H22F4NO4P/c1-11(2)30-17(20(28)29)9-13-4-6-18(31)16(8-13)26-19(27)10-12-3-5-14(15(22)7-12)21(23,24)25/h3-8,11,17H,9-10,31H2,1-2H3,(H,26,27)(H,28,29). The van der Waals surface area contributed by atoms with Gasteiger partial charge in [-0.3, -0.25) is 4.79 Å². The zero-order valence-electron chi connectivity index (χ0n) is 16.8. The molecule has 0 bridgehead atoms. The van der Waals surface area contributed by atoms with Gasteiger partial charge >= 0.3 is 12.1 Å². The van der Waals surface area contributed by atoms with Crippen molar-refractivity contribution in [1.82, 2.24) is 0 Å². The number of alkyl halides is 3. The molecule has 2 aromatic rings. The van der Waals surface area contributed by atoms with Crippen molar-refractivity contribution < 1.29 is 37.0 Å². The van der Waals surface area contributed by atoms with Gasteiger partial charge in [0, 0.05) is 12.1 Å². The first-order chi connectivity index (χ1) is 14.4. The molecule has 0 heterocycles. The third-order valence-electron chi connectivity index (χ3n) is 4.23. The zero-order valence-corrected chi connectivity index (χ0v) is 17.9. The van der Waals surface area contributed by atoms with Crippen molar-refractivity contribution in [2.24, 2.45) is 0 Å². The predicted molar refractivity (Wildman–Crippen MR) is 111 cm³/mol. The highest BCUT2D eigenvalue weighted by molar-refractivity contribution is 7.28. The van der Waals surface area contributed by atoms with Crippen molar-refractivity contribution in [3.8, 4) is 0 Å². The molecule has 0 saturated carbocycles. The van der Waals surface area contributed by atoms with E-state index in [2.05, 4.69) is 14.6 Å². The molecule has 0 spiro atoms. The van der Waals surface area contributed by atoms with Crippen molar-refractivity contribution >= 4 is 32.1 Å². The molecule has 0 aliphatic heterocycles. The number of hydrogen-bond acceptors (Lipinski definition) is 3. The van der Waals surface area contributed by atoms with Crippen molar-refractivity contribution in [3.05, 3.63) is 58.9 Å². The van der Waals surface area contributed by atoms with E-state index in [0.29, 0.717) is 28.7 Å². The van der Waals surface area contributed by atoms with Crippen LogP contribution in [0.1, 0.15) is 30.5 Å². The highest BCUT2D eigenvalue weighted by Gasteiger charge is 2.34. The SMILES string of the molecule is CC(C)OC(Cc1ccc(P)c(NC(=O)Cc2ccc(C(F)(F)F)c(F)c2)c1)C(=O)O. The number of carboxylic acids is 1. The minimum atomic E-state index is -4.81. The lowest BCUT2D eigenvalue weighted by molar-refractivity contribution is -0.153. The number of amides is 1. The van der Waals surface area contributed by atoms with Crippen LogP contribution in [0.25, 0.3) is 0 Å². The Labute approximate surface area is 179 Å². The molecule has 2 rings (SSSR count). The van der Waals surface area contributed by atoms with Crippen LogP contribution in [0.5, 0.6) is 0 Å². The fraction of sp³-hybridized carbons (Fsp3) is 0.333. The number of benzene rings is 2. The Morgan fingerprint density at radius 1 is 1.13 bits per heavy atom. The number of ether oxygens (including phenoxy) is 1. The van der Waals surface area contributed by atoms with Gasteiger partial charge in [-0.25, -0.2) is 9.18 Å². The van der Waals surface area contributed by atoms with Gasteiger partial charge in [0.05, 0.1) is 18.1 Å². The Kier molecular flexibility index (Phi) is 8.14. The smallest absolute Gasteiger partial charge is 0.419 e. The van der Waals surface area contributed by atoms with Crippen LogP contribution >= 0.6 is 9.24 Å². The van der Waals surface area contributed by atoms with Crippen LogP contribution in [0.15, 0.2) is 36.4 Å². The topological polar surface area (TPSA) is 75.6 Å². The molecule has 0 aliphatic carbocycles. The largest absolute Gasteiger partial charge is 0.479 e. The van der Waals surface area contributed by atoms with E-state index in [1.807, 2.05) is 0 Å². The van der Waals surface area contributed by atoms with E-state index in [4.69, 9.17) is 4.74 Å². The molecule has 0 radical (unpaired) electrons. The van der Waals surface area contributed by atoms with Crippen LogP contribution in [-0.4, -0.2) is 29.2 Å². The number of anilines is 1. The van der Waals surface area contributed by atoms with Gasteiger partial charge in [-0.05, 0) is 48.5 Å². The lowest BCUT2D eigenvalue weighted by atomic mass is 10.1. The van der Waals surface area contributed by atoms with E-state index < -0.39 is 35.5 Å². The highest BCUT2D eigenvalue weighted by atomic mass is 31.0. The summed E-state index contributed by atoms with van der Waals surface area (Å²) in [5.74, 6) is -3.12. The van der Waals surface area contributed by atoms with Gasteiger partial charge in [0.1, 0.15) is 5.82 Å².